The van der Waals surface area contributed by atoms with Crippen molar-refractivity contribution in [1.82, 2.24) is 0 Å². The van der Waals surface area contributed by atoms with Crippen molar-refractivity contribution in [3.8, 4) is 11.1 Å². The van der Waals surface area contributed by atoms with Gasteiger partial charge in [-0.25, -0.2) is 13.6 Å². The van der Waals surface area contributed by atoms with Gasteiger partial charge in [0.05, 0.1) is 0 Å². The van der Waals surface area contributed by atoms with E-state index < -0.39 is 22.5 Å². The molecule has 2 nitrogen and oxygen atoms in total. The van der Waals surface area contributed by atoms with Crippen molar-refractivity contribution in [2.45, 2.75) is 4.87 Å². The summed E-state index contributed by atoms with van der Waals surface area (Å²) >= 11 is 6.18. The third-order valence-corrected chi connectivity index (χ3v) is 3.86. The second-order valence-corrected chi connectivity index (χ2v) is 4.91. The summed E-state index contributed by atoms with van der Waals surface area (Å²) in [4.78, 5) is 9.55. The first kappa shape index (κ1) is 12.1. The summed E-state index contributed by atoms with van der Waals surface area (Å²) in [6, 6.07) is 7.50. The van der Waals surface area contributed by atoms with Crippen LogP contribution >= 0.6 is 11.6 Å². The van der Waals surface area contributed by atoms with Crippen LogP contribution in [0, 0.1) is 11.6 Å². The summed E-state index contributed by atoms with van der Waals surface area (Å²) in [6.45, 7) is 0. The maximum Gasteiger partial charge on any atom is 0.334 e. The van der Waals surface area contributed by atoms with Crippen molar-refractivity contribution in [2.24, 2.45) is 0 Å². The summed E-state index contributed by atoms with van der Waals surface area (Å²) in [5, 5.41) is 9.37. The molecule has 2 aromatic carbocycles. The van der Waals surface area contributed by atoms with Gasteiger partial charge in [-0.3, -0.25) is 0 Å². The lowest BCUT2D eigenvalue weighted by atomic mass is 9.96. The van der Waals surface area contributed by atoms with E-state index in [0.29, 0.717) is 11.1 Å². The average molecular weight is 281 g/mol. The number of carbonyl (C=O) groups is 1. The first-order valence-corrected chi connectivity index (χ1v) is 5.85. The second-order valence-electron chi connectivity index (χ2n) is 4.34. The second kappa shape index (κ2) is 3.78. The van der Waals surface area contributed by atoms with Gasteiger partial charge in [0.1, 0.15) is 11.6 Å². The lowest BCUT2D eigenvalue weighted by molar-refractivity contribution is -0.139. The van der Waals surface area contributed by atoms with E-state index in [0.717, 1.165) is 12.1 Å². The van der Waals surface area contributed by atoms with Gasteiger partial charge in [0, 0.05) is 0 Å². The van der Waals surface area contributed by atoms with Crippen LogP contribution in [0.5, 0.6) is 0 Å². The molecule has 0 fully saturated rings. The number of hydrogen-bond acceptors (Lipinski definition) is 1. The van der Waals surface area contributed by atoms with Gasteiger partial charge < -0.3 is 5.11 Å². The van der Waals surface area contributed by atoms with Crippen molar-refractivity contribution in [3.05, 3.63) is 59.2 Å². The molecule has 0 radical (unpaired) electrons. The highest BCUT2D eigenvalue weighted by Crippen LogP contribution is 2.51. The van der Waals surface area contributed by atoms with Gasteiger partial charge in [0.2, 0.25) is 0 Å². The van der Waals surface area contributed by atoms with Crippen LogP contribution in [0.15, 0.2) is 36.4 Å². The third kappa shape index (κ3) is 1.50. The average Bonchev–Trinajstić information content (AvgIpc) is 2.60. The number of rotatable bonds is 1. The number of carboxylic acids is 1. The van der Waals surface area contributed by atoms with Crippen molar-refractivity contribution in [3.63, 3.8) is 0 Å². The number of aliphatic carboxylic acids is 1. The number of benzene rings is 2. The van der Waals surface area contributed by atoms with Crippen molar-refractivity contribution < 1.29 is 18.7 Å². The molecule has 3 rings (SSSR count). The molecule has 0 saturated heterocycles. The monoisotopic (exact) mass is 280 g/mol. The Labute approximate surface area is 112 Å². The molecule has 1 N–H and O–H groups in total. The number of hydrogen-bond donors (Lipinski definition) is 1. The van der Waals surface area contributed by atoms with Crippen LogP contribution in [-0.2, 0) is 9.67 Å². The van der Waals surface area contributed by atoms with E-state index in [-0.39, 0.29) is 11.1 Å². The van der Waals surface area contributed by atoms with E-state index in [9.17, 15) is 18.7 Å². The largest absolute Gasteiger partial charge is 0.479 e. The highest BCUT2D eigenvalue weighted by atomic mass is 35.5. The molecule has 0 heterocycles. The van der Waals surface area contributed by atoms with Crippen LogP contribution in [0.1, 0.15) is 11.1 Å². The van der Waals surface area contributed by atoms with E-state index in [4.69, 9.17) is 11.6 Å². The lowest BCUT2D eigenvalue weighted by Crippen LogP contribution is -2.28. The third-order valence-electron chi connectivity index (χ3n) is 3.29. The fraction of sp³-hybridized carbons (Fsp3) is 0.0714. The van der Waals surface area contributed by atoms with Crippen LogP contribution in [0.25, 0.3) is 11.1 Å². The van der Waals surface area contributed by atoms with Gasteiger partial charge in [-0.2, -0.15) is 0 Å². The van der Waals surface area contributed by atoms with Crippen molar-refractivity contribution in [2.75, 3.05) is 0 Å². The Morgan fingerprint density at radius 1 is 1.00 bits per heavy atom. The standard InChI is InChI=1S/C14H7ClF2O2/c15-14(13(18)19)11-5-7(16)1-3-9(11)10-4-2-8(17)6-12(10)14/h1-6H,(H,18,19). The Hall–Kier alpha value is -1.94. The Morgan fingerprint density at radius 3 is 1.79 bits per heavy atom. The zero-order valence-corrected chi connectivity index (χ0v) is 10.2. The number of carboxylic acid groups (broad SMARTS) is 1. The molecule has 2 aromatic rings. The molecule has 0 spiro atoms. The Bertz CT molecular complexity index is 661. The van der Waals surface area contributed by atoms with Gasteiger partial charge in [-0.05, 0) is 46.5 Å². The molecular formula is C14H7ClF2O2. The molecule has 0 saturated carbocycles. The molecule has 0 amide bonds. The molecule has 0 bridgehead atoms. The molecule has 0 aromatic heterocycles. The zero-order valence-electron chi connectivity index (χ0n) is 9.45. The molecule has 5 heteroatoms. The smallest absolute Gasteiger partial charge is 0.334 e. The zero-order chi connectivity index (χ0) is 13.8. The Kier molecular flexibility index (Phi) is 2.41. The first-order valence-electron chi connectivity index (χ1n) is 5.47. The van der Waals surface area contributed by atoms with Crippen LogP contribution in [0.3, 0.4) is 0 Å². The van der Waals surface area contributed by atoms with Crippen LogP contribution in [-0.4, -0.2) is 11.1 Å². The van der Waals surface area contributed by atoms with E-state index in [1.54, 1.807) is 0 Å². The van der Waals surface area contributed by atoms with Gasteiger partial charge in [-0.15, -0.1) is 0 Å². The van der Waals surface area contributed by atoms with Gasteiger partial charge in [0.25, 0.3) is 0 Å². The molecule has 1 aliphatic rings. The minimum absolute atomic E-state index is 0.127. The van der Waals surface area contributed by atoms with Crippen LogP contribution in [0.4, 0.5) is 8.78 Å². The lowest BCUT2D eigenvalue weighted by Gasteiger charge is -2.19. The van der Waals surface area contributed by atoms with E-state index in [2.05, 4.69) is 0 Å². The van der Waals surface area contributed by atoms with Gasteiger partial charge in [-0.1, -0.05) is 23.7 Å². The molecule has 0 unspecified atom stereocenters. The SMILES string of the molecule is O=C(O)C1(Cl)c2cc(F)ccc2-c2ccc(F)cc21. The summed E-state index contributed by atoms with van der Waals surface area (Å²) in [5.41, 5.74) is 1.27. The number of halogens is 3. The maximum absolute atomic E-state index is 13.3. The predicted octanol–water partition coefficient (Wildman–Crippen LogP) is 3.51. The normalized spacial score (nSPS) is 14.9. The highest BCUT2D eigenvalue weighted by Gasteiger charge is 2.48. The maximum atomic E-state index is 13.3. The fourth-order valence-corrected chi connectivity index (χ4v) is 2.76. The highest BCUT2D eigenvalue weighted by molar-refractivity contribution is 6.38. The predicted molar refractivity (Wildman–Crippen MR) is 66.1 cm³/mol. The number of fused-ring (bicyclic) bond motifs is 3. The van der Waals surface area contributed by atoms with Crippen LogP contribution < -0.4 is 0 Å². The molecule has 0 aliphatic heterocycles. The summed E-state index contributed by atoms with van der Waals surface area (Å²) < 4.78 is 26.7. The Balaban J connectivity index is 2.42. The quantitative estimate of drug-likeness (QED) is 0.812. The van der Waals surface area contributed by atoms with Gasteiger partial charge in [0.15, 0.2) is 4.87 Å². The molecule has 19 heavy (non-hydrogen) atoms. The Morgan fingerprint density at radius 2 is 1.42 bits per heavy atom. The molecule has 0 atom stereocenters. The number of alkyl halides is 1. The summed E-state index contributed by atoms with van der Waals surface area (Å²) in [6.07, 6.45) is 0. The van der Waals surface area contributed by atoms with Crippen molar-refractivity contribution >= 4 is 17.6 Å². The van der Waals surface area contributed by atoms with E-state index in [1.165, 1.54) is 24.3 Å². The summed E-state index contributed by atoms with van der Waals surface area (Å²) in [7, 11) is 0. The fourth-order valence-electron chi connectivity index (χ4n) is 2.45. The van der Waals surface area contributed by atoms with Crippen molar-refractivity contribution in [1.29, 1.82) is 0 Å². The van der Waals surface area contributed by atoms with E-state index in [1.807, 2.05) is 0 Å². The molecule has 1 aliphatic carbocycles. The topological polar surface area (TPSA) is 37.3 Å². The minimum atomic E-state index is -1.95. The van der Waals surface area contributed by atoms with Gasteiger partial charge >= 0.3 is 5.97 Å². The molecular weight excluding hydrogens is 274 g/mol. The van der Waals surface area contributed by atoms with Crippen LogP contribution in [0.2, 0.25) is 0 Å². The first-order chi connectivity index (χ1) is 8.94. The van der Waals surface area contributed by atoms with E-state index >= 15 is 0 Å². The minimum Gasteiger partial charge on any atom is -0.479 e. The summed E-state index contributed by atoms with van der Waals surface area (Å²) in [5.74, 6) is -2.53. The molecule has 96 valence electrons.